The molecular formula is C19H16N7+. The third kappa shape index (κ3) is 2.76. The number of aryl methyl sites for hydroxylation is 1. The van der Waals surface area contributed by atoms with Crippen molar-refractivity contribution < 1.29 is 0 Å². The van der Waals surface area contributed by atoms with Gasteiger partial charge in [0.25, 0.3) is 0 Å². The largest absolute Gasteiger partial charge is 0.468 e. The minimum atomic E-state index is 0.530. The number of fused-ring (bicyclic) bond motifs is 1. The van der Waals surface area contributed by atoms with E-state index in [1.807, 2.05) is 29.0 Å². The fourth-order valence-electron chi connectivity index (χ4n) is 3.01. The van der Waals surface area contributed by atoms with Crippen molar-refractivity contribution in [3.8, 4) is 6.07 Å². The fraction of sp³-hybridized carbons (Fsp3) is 0.211. The lowest BCUT2D eigenvalue weighted by atomic mass is 10.2. The van der Waals surface area contributed by atoms with Crippen molar-refractivity contribution in [1.29, 1.82) is 5.26 Å². The van der Waals surface area contributed by atoms with E-state index in [0.29, 0.717) is 23.8 Å². The number of rotatable bonds is 5. The summed E-state index contributed by atoms with van der Waals surface area (Å²) in [4.78, 5) is 13.4. The minimum absolute atomic E-state index is 0.530. The van der Waals surface area contributed by atoms with Crippen molar-refractivity contribution in [3.63, 3.8) is 0 Å². The van der Waals surface area contributed by atoms with Gasteiger partial charge in [-0.3, -0.25) is 0 Å². The van der Waals surface area contributed by atoms with Crippen LogP contribution in [0.5, 0.6) is 0 Å². The van der Waals surface area contributed by atoms with Gasteiger partial charge in [0.1, 0.15) is 5.82 Å². The first-order valence-corrected chi connectivity index (χ1v) is 8.40. The molecule has 126 valence electrons. The molecule has 4 rings (SSSR count). The summed E-state index contributed by atoms with van der Waals surface area (Å²) < 4.78 is 8.33. The molecule has 0 atom stereocenters. The number of allylic oxidation sites excluding steroid dienone is 1. The number of amidine groups is 1. The van der Waals surface area contributed by atoms with E-state index in [2.05, 4.69) is 38.1 Å². The first-order valence-electron chi connectivity index (χ1n) is 8.40. The summed E-state index contributed by atoms with van der Waals surface area (Å²) >= 11 is 0. The number of nitriles is 1. The molecular weight excluding hydrogens is 326 g/mol. The maximum Gasteiger partial charge on any atom is 0.468 e. The lowest BCUT2D eigenvalue weighted by Gasteiger charge is -2.09. The van der Waals surface area contributed by atoms with Crippen LogP contribution in [0.2, 0.25) is 0 Å². The van der Waals surface area contributed by atoms with Crippen LogP contribution in [0.4, 0.5) is 0 Å². The molecule has 0 amide bonds. The molecule has 0 radical (unpaired) electrons. The molecule has 0 saturated carbocycles. The smallest absolute Gasteiger partial charge is 0.326 e. The van der Waals surface area contributed by atoms with Crippen LogP contribution >= 0.6 is 0 Å². The molecule has 7 nitrogen and oxygen atoms in total. The number of imidazole rings is 2. The monoisotopic (exact) mass is 342 g/mol. The van der Waals surface area contributed by atoms with Gasteiger partial charge >= 0.3 is 5.84 Å². The van der Waals surface area contributed by atoms with Crippen molar-refractivity contribution in [2.75, 3.05) is 0 Å². The molecule has 1 aliphatic rings. The Morgan fingerprint density at radius 2 is 2.27 bits per heavy atom. The summed E-state index contributed by atoms with van der Waals surface area (Å²) in [6.45, 7) is 3.54. The number of nitrogens with zero attached hydrogens (tertiary/aromatic N) is 7. The molecule has 0 fully saturated rings. The Bertz CT molecular complexity index is 1160. The second kappa shape index (κ2) is 6.66. The highest BCUT2D eigenvalue weighted by molar-refractivity contribution is 6.05. The topological polar surface area (TPSA) is 85.9 Å². The fourth-order valence-corrected chi connectivity index (χ4v) is 3.01. The first-order chi connectivity index (χ1) is 12.8. The average molecular weight is 342 g/mol. The van der Waals surface area contributed by atoms with Gasteiger partial charge in [-0.1, -0.05) is 6.92 Å². The summed E-state index contributed by atoms with van der Waals surface area (Å²) in [6.07, 6.45) is 7.92. The summed E-state index contributed by atoms with van der Waals surface area (Å²) in [5.41, 5.74) is 2.48. The van der Waals surface area contributed by atoms with Gasteiger partial charge in [0.2, 0.25) is 5.82 Å². The van der Waals surface area contributed by atoms with Crippen LogP contribution in [0.1, 0.15) is 30.6 Å². The predicted octanol–water partition coefficient (Wildman–Crippen LogP) is 1.69. The van der Waals surface area contributed by atoms with E-state index in [9.17, 15) is 0 Å². The van der Waals surface area contributed by atoms with Crippen LogP contribution in [0.3, 0.4) is 0 Å². The highest BCUT2D eigenvalue weighted by Gasteiger charge is 2.21. The van der Waals surface area contributed by atoms with Gasteiger partial charge in [-0.15, -0.1) is 4.67 Å². The summed E-state index contributed by atoms with van der Waals surface area (Å²) in [7, 11) is 0. The zero-order valence-corrected chi connectivity index (χ0v) is 14.3. The van der Waals surface area contributed by atoms with E-state index in [0.717, 1.165) is 29.8 Å². The standard InChI is InChI=1S/C19H16N7/c1-2-9-26-16-5-4-14(12-20)11-15(16)24-17(26)13-25-10-8-23-19(25)18-21-6-3-7-22-18/h3-6,8,10-11H,2,9,13H2,1H3/q+1. The first kappa shape index (κ1) is 15.8. The summed E-state index contributed by atoms with van der Waals surface area (Å²) in [6, 6.07) is 7.79. The van der Waals surface area contributed by atoms with Crippen LogP contribution < -0.4 is 4.67 Å². The minimum Gasteiger partial charge on any atom is -0.326 e. The maximum atomic E-state index is 9.13. The molecule has 3 aromatic rings. The van der Waals surface area contributed by atoms with Gasteiger partial charge in [-0.05, 0) is 29.6 Å². The van der Waals surface area contributed by atoms with E-state index >= 15 is 0 Å². The van der Waals surface area contributed by atoms with Crippen LogP contribution in [0, 0.1) is 11.3 Å². The lowest BCUT2D eigenvalue weighted by molar-refractivity contribution is 0.623. The Morgan fingerprint density at radius 3 is 3.04 bits per heavy atom. The third-order valence-electron chi connectivity index (χ3n) is 4.15. The van der Waals surface area contributed by atoms with Crippen molar-refractivity contribution in [3.05, 3.63) is 53.9 Å². The van der Waals surface area contributed by atoms with Gasteiger partial charge in [-0.25, -0.2) is 9.97 Å². The van der Waals surface area contributed by atoms with Crippen molar-refractivity contribution in [2.45, 2.75) is 26.4 Å². The molecule has 2 aromatic heterocycles. The molecule has 1 aliphatic heterocycles. The zero-order valence-electron chi connectivity index (χ0n) is 14.3. The van der Waals surface area contributed by atoms with E-state index in [4.69, 9.17) is 10.2 Å². The van der Waals surface area contributed by atoms with Crippen molar-refractivity contribution in [1.82, 2.24) is 23.8 Å². The summed E-state index contributed by atoms with van der Waals surface area (Å²) in [5, 5.41) is 9.13. The Kier molecular flexibility index (Phi) is 4.04. The van der Waals surface area contributed by atoms with E-state index in [-0.39, 0.29) is 0 Å². The Balaban J connectivity index is 1.79. The molecule has 26 heavy (non-hydrogen) atoms. The SMILES string of the molecule is CCCn1c(Cn2ccnc2C2=[N+]=C=CC=N2)nc2cc(C#N)ccc21. The van der Waals surface area contributed by atoms with Gasteiger partial charge in [0.15, 0.2) is 12.1 Å². The number of aliphatic imine (C=N–C) groups is 1. The number of aromatic nitrogens is 4. The summed E-state index contributed by atoms with van der Waals surface area (Å²) in [5.74, 6) is 4.91. The number of hydrogen-bond acceptors (Lipinski definition) is 4. The Labute approximate surface area is 150 Å². The van der Waals surface area contributed by atoms with E-state index in [1.54, 1.807) is 18.5 Å². The van der Waals surface area contributed by atoms with Crippen molar-refractivity contribution >= 4 is 29.0 Å². The average Bonchev–Trinajstić information content (AvgIpc) is 3.27. The molecule has 0 N–H and O–H groups in total. The highest BCUT2D eigenvalue weighted by Crippen LogP contribution is 2.19. The molecule has 3 heterocycles. The molecule has 0 bridgehead atoms. The second-order valence-electron chi connectivity index (χ2n) is 5.88. The van der Waals surface area contributed by atoms with Crippen molar-refractivity contribution in [2.24, 2.45) is 4.99 Å². The Morgan fingerprint density at radius 1 is 1.35 bits per heavy atom. The van der Waals surface area contributed by atoms with Gasteiger partial charge in [0, 0.05) is 18.9 Å². The van der Waals surface area contributed by atoms with Crippen LogP contribution in [-0.2, 0) is 13.1 Å². The second-order valence-corrected chi connectivity index (χ2v) is 5.88. The maximum absolute atomic E-state index is 9.13. The van der Waals surface area contributed by atoms with Crippen LogP contribution in [0.25, 0.3) is 11.0 Å². The highest BCUT2D eigenvalue weighted by atomic mass is 15.2. The van der Waals surface area contributed by atoms with Gasteiger partial charge < -0.3 is 9.13 Å². The lowest BCUT2D eigenvalue weighted by Crippen LogP contribution is -2.16. The number of hydrogen-bond donors (Lipinski definition) is 0. The zero-order chi connectivity index (χ0) is 17.9. The van der Waals surface area contributed by atoms with E-state index in [1.165, 1.54) is 0 Å². The molecule has 0 unspecified atom stereocenters. The Hall–Kier alpha value is -3.71. The molecule has 1 aromatic carbocycles. The normalized spacial score (nSPS) is 12.5. The third-order valence-corrected chi connectivity index (χ3v) is 4.15. The molecule has 0 saturated heterocycles. The van der Waals surface area contributed by atoms with Gasteiger partial charge in [-0.2, -0.15) is 5.26 Å². The predicted molar refractivity (Wildman–Crippen MR) is 100 cm³/mol. The molecule has 0 spiro atoms. The van der Waals surface area contributed by atoms with Crippen LogP contribution in [0.15, 0.2) is 41.7 Å². The molecule has 0 aliphatic carbocycles. The number of benzene rings is 1. The van der Waals surface area contributed by atoms with Crippen LogP contribution in [-0.4, -0.2) is 37.0 Å². The van der Waals surface area contributed by atoms with Gasteiger partial charge in [0.05, 0.1) is 35.3 Å². The quantitative estimate of drug-likeness (QED) is 0.661. The van der Waals surface area contributed by atoms with E-state index < -0.39 is 0 Å². The molecule has 7 heteroatoms.